The van der Waals surface area contributed by atoms with Crippen molar-refractivity contribution in [2.75, 3.05) is 20.2 Å². The van der Waals surface area contributed by atoms with Crippen LogP contribution in [0.15, 0.2) is 36.3 Å². The van der Waals surface area contributed by atoms with E-state index < -0.39 is 108 Å². The number of fused-ring (bicyclic) bond motifs is 1. The third-order valence-electron chi connectivity index (χ3n) is 2.54. The number of rotatable bonds is 9. The predicted octanol–water partition coefficient (Wildman–Crippen LogP) is 3.48. The van der Waals surface area contributed by atoms with E-state index in [2.05, 4.69) is 9.57 Å². The van der Waals surface area contributed by atoms with Gasteiger partial charge in [-0.15, -0.1) is 10.1 Å². The Morgan fingerprint density at radius 2 is 2.00 bits per heavy atom. The number of hydrogen-bond acceptors (Lipinski definition) is 6. The van der Waals surface area contributed by atoms with Crippen LogP contribution in [0.2, 0.25) is 0 Å². The van der Waals surface area contributed by atoms with E-state index in [1.54, 1.807) is 0 Å². The quantitative estimate of drug-likeness (QED) is 0.384. The lowest BCUT2D eigenvalue weighted by atomic mass is 9.98. The SMILES string of the molecule is [2H]c1c([C@@H](C(=O)OC([2H])([2H])C([2H])([2H])C([2H])([2H])C([2H])([2H])O[N+](=O)[O-])C([2H])([2H])[2H])c([2H])c2c([2H])c([2H])c(OC)c([2H])c2c1[2H]. The monoisotopic (exact) mass is 364 g/mol. The lowest BCUT2D eigenvalue weighted by Crippen LogP contribution is -2.14. The number of ether oxygens (including phenoxy) is 2. The zero-order valence-corrected chi connectivity index (χ0v) is 12.5. The van der Waals surface area contributed by atoms with Crippen LogP contribution in [0.1, 0.15) is 54.4 Å². The molecule has 0 unspecified atom stereocenters. The molecule has 2 rings (SSSR count). The Morgan fingerprint density at radius 1 is 1.28 bits per heavy atom. The number of esters is 1. The van der Waals surface area contributed by atoms with E-state index in [1.807, 2.05) is 0 Å². The minimum Gasteiger partial charge on any atom is -0.497 e. The number of carbonyl (C=O) groups excluding carboxylic acids is 1. The molecule has 0 aliphatic heterocycles. The van der Waals surface area contributed by atoms with Gasteiger partial charge < -0.3 is 14.3 Å². The molecule has 2 aromatic rings. The van der Waals surface area contributed by atoms with Crippen molar-refractivity contribution in [1.82, 2.24) is 0 Å². The van der Waals surface area contributed by atoms with Crippen LogP contribution in [0.4, 0.5) is 0 Å². The van der Waals surface area contributed by atoms with Gasteiger partial charge in [0, 0.05) is 9.60 Å². The predicted molar refractivity (Wildman–Crippen MR) is 92.1 cm³/mol. The Labute approximate surface area is 169 Å². The molecule has 7 nitrogen and oxygen atoms in total. The highest BCUT2D eigenvalue weighted by Gasteiger charge is 2.17. The molecule has 0 bridgehead atoms. The van der Waals surface area contributed by atoms with Crippen LogP contribution >= 0.6 is 0 Å². The molecule has 0 radical (unpaired) electrons. The van der Waals surface area contributed by atoms with Crippen molar-refractivity contribution in [3.8, 4) is 5.75 Å². The molecule has 0 aliphatic rings. The molecule has 0 aromatic heterocycles. The summed E-state index contributed by atoms with van der Waals surface area (Å²) in [6, 6.07) is -5.62. The van der Waals surface area contributed by atoms with Gasteiger partial charge in [-0.25, -0.2) is 0 Å². The van der Waals surface area contributed by atoms with Gasteiger partial charge in [-0.05, 0) is 48.0 Å². The van der Waals surface area contributed by atoms with Crippen LogP contribution in [0.3, 0.4) is 0 Å². The summed E-state index contributed by atoms with van der Waals surface area (Å²) >= 11 is 0. The summed E-state index contributed by atoms with van der Waals surface area (Å²) in [4.78, 5) is 27.2. The maximum absolute atomic E-state index is 13.2. The van der Waals surface area contributed by atoms with E-state index in [0.29, 0.717) is 0 Å². The highest BCUT2D eigenvalue weighted by Crippen LogP contribution is 2.25. The van der Waals surface area contributed by atoms with Gasteiger partial charge in [-0.3, -0.25) is 4.79 Å². The summed E-state index contributed by atoms with van der Waals surface area (Å²) in [6.07, 6.45) is -8.63. The fourth-order valence-electron chi connectivity index (χ4n) is 1.48. The summed E-state index contributed by atoms with van der Waals surface area (Å²) in [5.41, 5.74) is -1.17. The molecule has 0 N–H and O–H groups in total. The Kier molecular flexibility index (Phi) is 2.18. The van der Waals surface area contributed by atoms with E-state index >= 15 is 0 Å². The van der Waals surface area contributed by atoms with Crippen LogP contribution in [-0.2, 0) is 14.4 Å². The first-order valence-corrected chi connectivity index (χ1v) is 6.34. The van der Waals surface area contributed by atoms with Crippen molar-refractivity contribution >= 4 is 16.7 Å². The van der Waals surface area contributed by atoms with E-state index in [9.17, 15) is 14.9 Å². The highest BCUT2D eigenvalue weighted by molar-refractivity contribution is 5.86. The first kappa shape index (κ1) is 6.16. The summed E-state index contributed by atoms with van der Waals surface area (Å²) in [5.74, 6) is -5.64. The normalized spacial score (nSPS) is 24.4. The molecule has 0 amide bonds. The van der Waals surface area contributed by atoms with Crippen molar-refractivity contribution in [3.05, 3.63) is 51.9 Å². The largest absolute Gasteiger partial charge is 0.497 e. The summed E-state index contributed by atoms with van der Waals surface area (Å²) < 4.78 is 144. The lowest BCUT2D eigenvalue weighted by Gasteiger charge is -2.13. The van der Waals surface area contributed by atoms with Crippen LogP contribution in [0, 0.1) is 10.1 Å². The van der Waals surface area contributed by atoms with E-state index in [-0.39, 0.29) is 0 Å². The van der Waals surface area contributed by atoms with Gasteiger partial charge in [0.05, 0.1) is 39.9 Å². The minimum absolute atomic E-state index is 0.509. The van der Waals surface area contributed by atoms with E-state index in [1.165, 1.54) is 0 Å². The second kappa shape index (κ2) is 8.86. The molecule has 2 aromatic carbocycles. The van der Waals surface area contributed by atoms with Gasteiger partial charge in [0.15, 0.2) is 0 Å². The summed E-state index contributed by atoms with van der Waals surface area (Å²) in [7, 11) is 1.04. The van der Waals surface area contributed by atoms with Gasteiger partial charge in [0.25, 0.3) is 5.09 Å². The van der Waals surface area contributed by atoms with Crippen molar-refractivity contribution in [3.63, 3.8) is 0 Å². The molecule has 0 fully saturated rings. The molecule has 25 heavy (non-hydrogen) atoms. The standard InChI is InChI=1S/C18H21NO6/c1-13(18(20)24-9-3-4-10-25-19(21)22)14-5-6-16-12-17(23-2)8-7-15(16)11-14/h5-8,11-13H,3-4,9-10H2,1-2H3/t13-/m0/s1/i1D3,3D2,4D2,5D,6D,7D,8D,9D2,10D2,11D,12D. The molecular weight excluding hydrogens is 326 g/mol. The Bertz CT molecular complexity index is 1440. The zero-order valence-electron chi connectivity index (χ0n) is 29.5. The van der Waals surface area contributed by atoms with Crippen LogP contribution in [0.5, 0.6) is 5.75 Å². The molecule has 1 atom stereocenters. The minimum atomic E-state index is -4.34. The Hall–Kier alpha value is -2.83. The average molecular weight is 364 g/mol. The fourth-order valence-corrected chi connectivity index (χ4v) is 1.48. The molecule has 0 aliphatic carbocycles. The second-order valence-electron chi connectivity index (χ2n) is 4.07. The number of carbonyl (C=O) groups is 1. The topological polar surface area (TPSA) is 87.9 Å². The molecular formula is C18H21NO6. The smallest absolute Gasteiger partial charge is 0.313 e. The zero-order chi connectivity index (χ0) is 33.1. The first-order valence-electron chi connectivity index (χ1n) is 14.8. The van der Waals surface area contributed by atoms with Gasteiger partial charge in [-0.1, -0.05) is 24.2 Å². The molecule has 0 heterocycles. The third kappa shape index (κ3) is 5.34. The Morgan fingerprint density at radius 3 is 2.72 bits per heavy atom. The van der Waals surface area contributed by atoms with Crippen molar-refractivity contribution < 1.29 is 47.5 Å². The second-order valence-corrected chi connectivity index (χ2v) is 4.07. The maximum atomic E-state index is 13.2. The van der Waals surface area contributed by atoms with Crippen molar-refractivity contribution in [2.24, 2.45) is 0 Å². The van der Waals surface area contributed by atoms with Gasteiger partial charge in [-0.2, -0.15) is 0 Å². The number of nitrogens with zero attached hydrogens (tertiary/aromatic N) is 1. The molecule has 7 heteroatoms. The Balaban J connectivity index is 2.82. The highest BCUT2D eigenvalue weighted by atomic mass is 16.9. The summed E-state index contributed by atoms with van der Waals surface area (Å²) in [5, 5.41) is 7.44. The maximum Gasteiger partial charge on any atom is 0.313 e. The molecule has 134 valence electrons. The molecule has 0 spiro atoms. The molecule has 0 saturated heterocycles. The molecule has 0 saturated carbocycles. The average Bonchev–Trinajstić information content (AvgIpc) is 2.80. The number of hydrogen-bond donors (Lipinski definition) is 0. The van der Waals surface area contributed by atoms with Crippen molar-refractivity contribution in [2.45, 2.75) is 25.5 Å². The van der Waals surface area contributed by atoms with Crippen LogP contribution in [0.25, 0.3) is 10.8 Å². The first-order chi connectivity index (χ1) is 18.7. The number of methoxy groups -OCH3 is 1. The fraction of sp³-hybridized carbons (Fsp3) is 0.389. The summed E-state index contributed by atoms with van der Waals surface area (Å²) in [6.45, 7) is -12.1. The van der Waals surface area contributed by atoms with E-state index in [0.717, 1.165) is 7.11 Å². The van der Waals surface area contributed by atoms with E-state index in [4.69, 9.17) is 28.0 Å². The van der Waals surface area contributed by atoms with Crippen LogP contribution < -0.4 is 4.74 Å². The van der Waals surface area contributed by atoms with Crippen molar-refractivity contribution in [1.29, 1.82) is 0 Å². The van der Waals surface area contributed by atoms with Crippen LogP contribution in [-0.4, -0.2) is 31.3 Å². The van der Waals surface area contributed by atoms with Gasteiger partial charge in [0.1, 0.15) is 5.75 Å². The number of benzene rings is 2. The third-order valence-corrected chi connectivity index (χ3v) is 2.54. The van der Waals surface area contributed by atoms with Gasteiger partial charge in [0.2, 0.25) is 0 Å². The lowest BCUT2D eigenvalue weighted by molar-refractivity contribution is -0.757. The van der Waals surface area contributed by atoms with Gasteiger partial charge >= 0.3 is 5.97 Å².